The minimum Gasteiger partial charge on any atom is -0.495 e. The Morgan fingerprint density at radius 2 is 1.95 bits per heavy atom. The first kappa shape index (κ1) is 16.6. The van der Waals surface area contributed by atoms with Crippen LogP contribution in [0.5, 0.6) is 11.5 Å². The van der Waals surface area contributed by atoms with Crippen molar-refractivity contribution in [2.24, 2.45) is 5.73 Å². The molecular weight excluding hydrogens is 284 g/mol. The third-order valence-corrected chi connectivity index (χ3v) is 3.05. The second kappa shape index (κ2) is 7.94. The van der Waals surface area contributed by atoms with Gasteiger partial charge in [-0.2, -0.15) is 0 Å². The highest BCUT2D eigenvalue weighted by Crippen LogP contribution is 2.35. The third-order valence-electron chi connectivity index (χ3n) is 2.76. The first-order chi connectivity index (χ1) is 9.55. The van der Waals surface area contributed by atoms with E-state index >= 15 is 0 Å². The minimum atomic E-state index is -0.324. The van der Waals surface area contributed by atoms with Crippen LogP contribution in [0.15, 0.2) is 12.1 Å². The molecule has 0 radical (unpaired) electrons. The van der Waals surface area contributed by atoms with Gasteiger partial charge in [0.05, 0.1) is 37.5 Å². The monoisotopic (exact) mass is 302 g/mol. The summed E-state index contributed by atoms with van der Waals surface area (Å²) in [7, 11) is 4.50. The van der Waals surface area contributed by atoms with E-state index in [1.165, 1.54) is 21.3 Å². The topological polar surface area (TPSA) is 82.8 Å². The van der Waals surface area contributed by atoms with Gasteiger partial charge in [-0.3, -0.25) is 4.79 Å². The van der Waals surface area contributed by atoms with Gasteiger partial charge in [-0.05, 0) is 0 Å². The van der Waals surface area contributed by atoms with Gasteiger partial charge in [-0.1, -0.05) is 11.6 Å². The van der Waals surface area contributed by atoms with Crippen LogP contribution in [0.2, 0.25) is 5.02 Å². The summed E-state index contributed by atoms with van der Waals surface area (Å²) in [4.78, 5) is 11.9. The summed E-state index contributed by atoms with van der Waals surface area (Å²) < 4.78 is 15.3. The number of halogens is 1. The summed E-state index contributed by atoms with van der Waals surface area (Å²) in [6.45, 7) is 0.269. The average Bonchev–Trinajstić information content (AvgIpc) is 2.45. The summed E-state index contributed by atoms with van der Waals surface area (Å²) in [6, 6.07) is 3.18. The molecule has 0 aliphatic rings. The molecule has 1 unspecified atom stereocenters. The zero-order valence-electron chi connectivity index (χ0n) is 11.7. The normalized spacial score (nSPS) is 11.8. The van der Waals surface area contributed by atoms with Gasteiger partial charge in [0.15, 0.2) is 0 Å². The SMILES string of the molecule is COc1cc(NC(=O)CC(CN)OC)c(OC)cc1Cl. The lowest BCUT2D eigenvalue weighted by Crippen LogP contribution is -2.28. The number of methoxy groups -OCH3 is 3. The van der Waals surface area contributed by atoms with Crippen LogP contribution in [-0.2, 0) is 9.53 Å². The highest BCUT2D eigenvalue weighted by molar-refractivity contribution is 6.32. The number of anilines is 1. The maximum absolute atomic E-state index is 11.9. The molecule has 1 aromatic rings. The Bertz CT molecular complexity index is 464. The molecule has 0 bridgehead atoms. The van der Waals surface area contributed by atoms with Crippen molar-refractivity contribution < 1.29 is 19.0 Å². The predicted molar refractivity (Wildman–Crippen MR) is 77.7 cm³/mol. The summed E-state index contributed by atoms with van der Waals surface area (Å²) in [5.41, 5.74) is 5.96. The number of benzene rings is 1. The van der Waals surface area contributed by atoms with Crippen molar-refractivity contribution in [3.8, 4) is 11.5 Å². The van der Waals surface area contributed by atoms with Crippen LogP contribution in [-0.4, -0.2) is 39.9 Å². The van der Waals surface area contributed by atoms with Gasteiger partial charge >= 0.3 is 0 Å². The molecule has 0 heterocycles. The van der Waals surface area contributed by atoms with Crippen LogP contribution < -0.4 is 20.5 Å². The average molecular weight is 303 g/mol. The van der Waals surface area contributed by atoms with Crippen molar-refractivity contribution in [1.82, 2.24) is 0 Å². The van der Waals surface area contributed by atoms with E-state index in [-0.39, 0.29) is 25.0 Å². The highest BCUT2D eigenvalue weighted by atomic mass is 35.5. The van der Waals surface area contributed by atoms with Gasteiger partial charge in [0.1, 0.15) is 11.5 Å². The molecule has 0 aliphatic carbocycles. The van der Waals surface area contributed by atoms with E-state index in [9.17, 15) is 4.79 Å². The van der Waals surface area contributed by atoms with Gasteiger partial charge in [0, 0.05) is 25.8 Å². The number of nitrogens with one attached hydrogen (secondary N) is 1. The van der Waals surface area contributed by atoms with Gasteiger partial charge < -0.3 is 25.3 Å². The molecule has 0 fully saturated rings. The molecule has 0 aliphatic heterocycles. The molecule has 1 rings (SSSR count). The third kappa shape index (κ3) is 4.26. The number of rotatable bonds is 7. The Labute approximate surface area is 123 Å². The van der Waals surface area contributed by atoms with Crippen molar-refractivity contribution >= 4 is 23.2 Å². The molecule has 3 N–H and O–H groups in total. The zero-order chi connectivity index (χ0) is 15.1. The van der Waals surface area contributed by atoms with E-state index in [0.717, 1.165) is 0 Å². The van der Waals surface area contributed by atoms with E-state index in [2.05, 4.69) is 5.32 Å². The Hall–Kier alpha value is -1.50. The van der Waals surface area contributed by atoms with Gasteiger partial charge in [0.2, 0.25) is 5.91 Å². The maximum Gasteiger partial charge on any atom is 0.227 e. The van der Waals surface area contributed by atoms with Gasteiger partial charge in [-0.25, -0.2) is 0 Å². The Morgan fingerprint density at radius 3 is 2.45 bits per heavy atom. The van der Waals surface area contributed by atoms with E-state index in [1.54, 1.807) is 12.1 Å². The summed E-state index contributed by atoms with van der Waals surface area (Å²) in [5, 5.41) is 3.13. The molecule has 6 nitrogen and oxygen atoms in total. The van der Waals surface area contributed by atoms with Crippen LogP contribution in [0, 0.1) is 0 Å². The minimum absolute atomic E-state index is 0.154. The van der Waals surface area contributed by atoms with Crippen LogP contribution >= 0.6 is 11.6 Å². The molecule has 1 amide bonds. The first-order valence-corrected chi connectivity index (χ1v) is 6.37. The van der Waals surface area contributed by atoms with Crippen LogP contribution in [0.25, 0.3) is 0 Å². The molecule has 1 aromatic carbocycles. The fourth-order valence-electron chi connectivity index (χ4n) is 1.63. The lowest BCUT2D eigenvalue weighted by Gasteiger charge is -2.15. The van der Waals surface area contributed by atoms with E-state index in [4.69, 9.17) is 31.5 Å². The summed E-state index contributed by atoms with van der Waals surface area (Å²) in [5.74, 6) is 0.667. The second-order valence-electron chi connectivity index (χ2n) is 4.03. The van der Waals surface area contributed by atoms with Crippen LogP contribution in [0.1, 0.15) is 6.42 Å². The summed E-state index contributed by atoms with van der Waals surface area (Å²) >= 11 is 5.99. The van der Waals surface area contributed by atoms with E-state index in [0.29, 0.717) is 22.2 Å². The highest BCUT2D eigenvalue weighted by Gasteiger charge is 2.15. The van der Waals surface area contributed by atoms with Crippen molar-refractivity contribution in [2.75, 3.05) is 33.2 Å². The van der Waals surface area contributed by atoms with E-state index in [1.807, 2.05) is 0 Å². The quantitative estimate of drug-likeness (QED) is 0.800. The van der Waals surface area contributed by atoms with Crippen molar-refractivity contribution in [3.63, 3.8) is 0 Å². The Morgan fingerprint density at radius 1 is 1.30 bits per heavy atom. The lowest BCUT2D eigenvalue weighted by atomic mass is 10.2. The first-order valence-electron chi connectivity index (χ1n) is 5.99. The van der Waals surface area contributed by atoms with E-state index < -0.39 is 0 Å². The molecule has 112 valence electrons. The second-order valence-corrected chi connectivity index (χ2v) is 4.44. The van der Waals surface area contributed by atoms with Gasteiger partial charge in [-0.15, -0.1) is 0 Å². The molecule has 20 heavy (non-hydrogen) atoms. The summed E-state index contributed by atoms with van der Waals surface area (Å²) in [6.07, 6.45) is -0.170. The molecule has 0 spiro atoms. The zero-order valence-corrected chi connectivity index (χ0v) is 12.5. The number of carbonyl (C=O) groups excluding carboxylic acids is 1. The number of amides is 1. The molecule has 0 saturated heterocycles. The van der Waals surface area contributed by atoms with Crippen molar-refractivity contribution in [1.29, 1.82) is 0 Å². The lowest BCUT2D eigenvalue weighted by molar-refractivity contribution is -0.118. The molecule has 0 saturated carbocycles. The number of carbonyl (C=O) groups is 1. The fraction of sp³-hybridized carbons (Fsp3) is 0.462. The molecular formula is C13H19ClN2O4. The number of nitrogens with two attached hydrogens (primary N) is 1. The molecule has 7 heteroatoms. The van der Waals surface area contributed by atoms with Crippen molar-refractivity contribution in [2.45, 2.75) is 12.5 Å². The van der Waals surface area contributed by atoms with Crippen LogP contribution in [0.4, 0.5) is 5.69 Å². The smallest absolute Gasteiger partial charge is 0.227 e. The number of hydrogen-bond donors (Lipinski definition) is 2. The van der Waals surface area contributed by atoms with Gasteiger partial charge in [0.25, 0.3) is 0 Å². The Balaban J connectivity index is 2.87. The fourth-order valence-corrected chi connectivity index (χ4v) is 1.86. The van der Waals surface area contributed by atoms with Crippen LogP contribution in [0.3, 0.4) is 0 Å². The number of ether oxygens (including phenoxy) is 3. The Kier molecular flexibility index (Phi) is 6.57. The maximum atomic E-state index is 11.9. The molecule has 0 aromatic heterocycles. The van der Waals surface area contributed by atoms with Crippen molar-refractivity contribution in [3.05, 3.63) is 17.2 Å². The number of hydrogen-bond acceptors (Lipinski definition) is 5. The standard InChI is InChI=1S/C13H19ClN2O4/c1-18-8(7-15)4-13(17)16-10-6-11(19-2)9(14)5-12(10)20-3/h5-6,8H,4,7,15H2,1-3H3,(H,16,17). The molecule has 1 atom stereocenters. The predicted octanol–water partition coefficient (Wildman–Crippen LogP) is 1.66. The largest absolute Gasteiger partial charge is 0.495 e.